The van der Waals surface area contributed by atoms with Gasteiger partial charge in [-0.15, -0.1) is 0 Å². The number of rotatable bonds is 7. The first-order valence-electron chi connectivity index (χ1n) is 8.20. The highest BCUT2D eigenvalue weighted by molar-refractivity contribution is 5.10. The fourth-order valence-corrected chi connectivity index (χ4v) is 3.37. The van der Waals surface area contributed by atoms with E-state index in [0.29, 0.717) is 12.0 Å². The van der Waals surface area contributed by atoms with E-state index in [1.165, 1.54) is 31.6 Å². The van der Waals surface area contributed by atoms with Crippen molar-refractivity contribution in [1.29, 1.82) is 0 Å². The van der Waals surface area contributed by atoms with Crippen LogP contribution in [0.25, 0.3) is 0 Å². The summed E-state index contributed by atoms with van der Waals surface area (Å²) < 4.78 is 13.0. The SMILES string of the molecule is CCNC(CCN1CCCC1C(C)C)c1ccc(F)cn1. The summed E-state index contributed by atoms with van der Waals surface area (Å²) in [6, 6.07) is 4.23. The lowest BCUT2D eigenvalue weighted by Crippen LogP contribution is -2.36. The maximum absolute atomic E-state index is 13.0. The molecule has 2 unspecified atom stereocenters. The Labute approximate surface area is 127 Å². The van der Waals surface area contributed by atoms with Gasteiger partial charge in [-0.2, -0.15) is 0 Å². The summed E-state index contributed by atoms with van der Waals surface area (Å²) in [5.41, 5.74) is 0.943. The lowest BCUT2D eigenvalue weighted by molar-refractivity contribution is 0.196. The Kier molecular flexibility index (Phi) is 6.12. The molecule has 0 aromatic carbocycles. The fraction of sp³-hybridized carbons (Fsp3) is 0.706. The number of hydrogen-bond acceptors (Lipinski definition) is 3. The van der Waals surface area contributed by atoms with E-state index in [-0.39, 0.29) is 11.9 Å². The molecule has 0 bridgehead atoms. The summed E-state index contributed by atoms with van der Waals surface area (Å²) in [5.74, 6) is 0.447. The number of hydrogen-bond donors (Lipinski definition) is 1. The van der Waals surface area contributed by atoms with Crippen LogP contribution in [0, 0.1) is 11.7 Å². The topological polar surface area (TPSA) is 28.2 Å². The molecule has 0 amide bonds. The van der Waals surface area contributed by atoms with Gasteiger partial charge in [0.2, 0.25) is 0 Å². The van der Waals surface area contributed by atoms with Crippen molar-refractivity contribution in [2.75, 3.05) is 19.6 Å². The zero-order valence-corrected chi connectivity index (χ0v) is 13.5. The summed E-state index contributed by atoms with van der Waals surface area (Å²) >= 11 is 0. The molecule has 0 aliphatic carbocycles. The summed E-state index contributed by atoms with van der Waals surface area (Å²) in [6.45, 7) is 9.91. The molecule has 1 aromatic heterocycles. The second kappa shape index (κ2) is 7.85. The first-order chi connectivity index (χ1) is 10.1. The molecule has 0 radical (unpaired) electrons. The molecular formula is C17H28FN3. The van der Waals surface area contributed by atoms with Crippen LogP contribution in [0.15, 0.2) is 18.3 Å². The monoisotopic (exact) mass is 293 g/mol. The van der Waals surface area contributed by atoms with Gasteiger partial charge in [-0.1, -0.05) is 20.8 Å². The smallest absolute Gasteiger partial charge is 0.141 e. The van der Waals surface area contributed by atoms with Crippen molar-refractivity contribution in [3.05, 3.63) is 29.8 Å². The number of aromatic nitrogens is 1. The Bertz CT molecular complexity index is 419. The van der Waals surface area contributed by atoms with Crippen LogP contribution in [0.2, 0.25) is 0 Å². The molecule has 3 nitrogen and oxygen atoms in total. The van der Waals surface area contributed by atoms with Gasteiger partial charge in [0.25, 0.3) is 0 Å². The van der Waals surface area contributed by atoms with Gasteiger partial charge < -0.3 is 10.2 Å². The van der Waals surface area contributed by atoms with E-state index >= 15 is 0 Å². The Hall–Kier alpha value is -1.00. The van der Waals surface area contributed by atoms with Crippen LogP contribution >= 0.6 is 0 Å². The molecule has 4 heteroatoms. The van der Waals surface area contributed by atoms with Crippen molar-refractivity contribution in [1.82, 2.24) is 15.2 Å². The molecular weight excluding hydrogens is 265 g/mol. The van der Waals surface area contributed by atoms with Crippen LogP contribution in [-0.4, -0.2) is 35.6 Å². The first kappa shape index (κ1) is 16.4. The highest BCUT2D eigenvalue weighted by atomic mass is 19.1. The molecule has 1 fully saturated rings. The molecule has 0 saturated carbocycles. The minimum atomic E-state index is -0.270. The normalized spacial score (nSPS) is 21.1. The summed E-state index contributed by atoms with van der Waals surface area (Å²) in [4.78, 5) is 6.85. The van der Waals surface area contributed by atoms with Crippen LogP contribution in [-0.2, 0) is 0 Å². The van der Waals surface area contributed by atoms with E-state index in [4.69, 9.17) is 0 Å². The van der Waals surface area contributed by atoms with Gasteiger partial charge >= 0.3 is 0 Å². The number of nitrogens with zero attached hydrogens (tertiary/aromatic N) is 2. The minimum Gasteiger partial charge on any atom is -0.309 e. The Morgan fingerprint density at radius 1 is 1.43 bits per heavy atom. The standard InChI is InChI=1S/C17H28FN3/c1-4-19-16(15-8-7-14(18)12-20-15)9-11-21-10-5-6-17(21)13(2)3/h7-8,12-13,16-17,19H,4-6,9-11H2,1-3H3. The summed E-state index contributed by atoms with van der Waals surface area (Å²) in [6.07, 6.45) is 4.96. The fourth-order valence-electron chi connectivity index (χ4n) is 3.37. The maximum atomic E-state index is 13.0. The second-order valence-electron chi connectivity index (χ2n) is 6.29. The van der Waals surface area contributed by atoms with E-state index in [0.717, 1.165) is 25.2 Å². The lowest BCUT2D eigenvalue weighted by Gasteiger charge is -2.29. The van der Waals surface area contributed by atoms with Crippen LogP contribution in [0.1, 0.15) is 51.8 Å². The molecule has 2 atom stereocenters. The van der Waals surface area contributed by atoms with Crippen LogP contribution < -0.4 is 5.32 Å². The molecule has 1 aliphatic rings. The third-order valence-electron chi connectivity index (χ3n) is 4.45. The van der Waals surface area contributed by atoms with Crippen molar-refractivity contribution in [3.63, 3.8) is 0 Å². The van der Waals surface area contributed by atoms with Crippen molar-refractivity contribution in [2.45, 2.75) is 52.1 Å². The lowest BCUT2D eigenvalue weighted by atomic mass is 10.0. The Morgan fingerprint density at radius 2 is 2.24 bits per heavy atom. The van der Waals surface area contributed by atoms with Crippen molar-refractivity contribution >= 4 is 0 Å². The Balaban J connectivity index is 1.95. The largest absolute Gasteiger partial charge is 0.309 e. The molecule has 1 N–H and O–H groups in total. The predicted molar refractivity (Wildman–Crippen MR) is 84.7 cm³/mol. The van der Waals surface area contributed by atoms with Crippen LogP contribution in [0.5, 0.6) is 0 Å². The van der Waals surface area contributed by atoms with E-state index in [2.05, 4.69) is 36.0 Å². The van der Waals surface area contributed by atoms with E-state index in [9.17, 15) is 4.39 Å². The quantitative estimate of drug-likeness (QED) is 0.835. The minimum absolute atomic E-state index is 0.212. The van der Waals surface area contributed by atoms with Gasteiger partial charge in [-0.05, 0) is 50.4 Å². The number of likely N-dealkylation sites (tertiary alicyclic amines) is 1. The highest BCUT2D eigenvalue weighted by Gasteiger charge is 2.27. The molecule has 0 spiro atoms. The average Bonchev–Trinajstić information content (AvgIpc) is 2.93. The zero-order chi connectivity index (χ0) is 15.2. The number of pyridine rings is 1. The Morgan fingerprint density at radius 3 is 2.86 bits per heavy atom. The van der Waals surface area contributed by atoms with Crippen LogP contribution in [0.4, 0.5) is 4.39 Å². The molecule has 2 heterocycles. The van der Waals surface area contributed by atoms with Gasteiger partial charge in [0.15, 0.2) is 0 Å². The van der Waals surface area contributed by atoms with E-state index < -0.39 is 0 Å². The summed E-state index contributed by atoms with van der Waals surface area (Å²) in [7, 11) is 0. The van der Waals surface area contributed by atoms with Gasteiger partial charge in [-0.3, -0.25) is 4.98 Å². The third kappa shape index (κ3) is 4.48. The second-order valence-corrected chi connectivity index (χ2v) is 6.29. The zero-order valence-electron chi connectivity index (χ0n) is 13.5. The first-order valence-corrected chi connectivity index (χ1v) is 8.20. The van der Waals surface area contributed by atoms with Crippen molar-refractivity contribution in [2.24, 2.45) is 5.92 Å². The van der Waals surface area contributed by atoms with Crippen molar-refractivity contribution < 1.29 is 4.39 Å². The van der Waals surface area contributed by atoms with Gasteiger partial charge in [0.1, 0.15) is 5.82 Å². The molecule has 1 saturated heterocycles. The van der Waals surface area contributed by atoms with Crippen molar-refractivity contribution in [3.8, 4) is 0 Å². The predicted octanol–water partition coefficient (Wildman–Crippen LogP) is 3.38. The number of halogens is 1. The van der Waals surface area contributed by atoms with Gasteiger partial charge in [0, 0.05) is 12.6 Å². The maximum Gasteiger partial charge on any atom is 0.141 e. The third-order valence-corrected chi connectivity index (χ3v) is 4.45. The molecule has 118 valence electrons. The molecule has 21 heavy (non-hydrogen) atoms. The van der Waals surface area contributed by atoms with Crippen LogP contribution in [0.3, 0.4) is 0 Å². The van der Waals surface area contributed by atoms with E-state index in [1.807, 2.05) is 0 Å². The van der Waals surface area contributed by atoms with E-state index in [1.54, 1.807) is 6.07 Å². The molecule has 2 rings (SSSR count). The average molecular weight is 293 g/mol. The summed E-state index contributed by atoms with van der Waals surface area (Å²) in [5, 5.41) is 3.47. The molecule has 1 aliphatic heterocycles. The van der Waals surface area contributed by atoms with Gasteiger partial charge in [0.05, 0.1) is 17.9 Å². The van der Waals surface area contributed by atoms with Gasteiger partial charge in [-0.25, -0.2) is 4.39 Å². The molecule has 1 aromatic rings. The number of nitrogens with one attached hydrogen (secondary N) is 1. The highest BCUT2D eigenvalue weighted by Crippen LogP contribution is 2.25.